The molecule has 0 radical (unpaired) electrons. The van der Waals surface area contributed by atoms with Gasteiger partial charge in [0.05, 0.1) is 23.0 Å². The van der Waals surface area contributed by atoms with Crippen molar-refractivity contribution in [2.24, 2.45) is 5.92 Å². The zero-order valence-corrected chi connectivity index (χ0v) is 12.0. The molecule has 5 nitrogen and oxygen atoms in total. The highest BCUT2D eigenvalue weighted by atomic mass is 35.5. The maximum absolute atomic E-state index is 14.3. The van der Waals surface area contributed by atoms with Gasteiger partial charge in [-0.05, 0) is 18.9 Å². The standard InChI is InChI=1S/C13H18ClFN4O/c1-18-13(20)7-3-2-4-19(6-7)12-9(17)5-8(16)10(14)11(12)15/h5,7H,2-4,6,16-17H2,1H3,(H,18,20). The van der Waals surface area contributed by atoms with Crippen molar-refractivity contribution in [2.75, 3.05) is 36.5 Å². The molecule has 0 bridgehead atoms. The van der Waals surface area contributed by atoms with Gasteiger partial charge in [0.2, 0.25) is 5.91 Å². The molecule has 110 valence electrons. The molecule has 0 saturated carbocycles. The van der Waals surface area contributed by atoms with Crippen LogP contribution in [0.15, 0.2) is 6.07 Å². The molecule has 0 aliphatic carbocycles. The van der Waals surface area contributed by atoms with Crippen LogP contribution in [-0.2, 0) is 4.79 Å². The van der Waals surface area contributed by atoms with E-state index < -0.39 is 5.82 Å². The van der Waals surface area contributed by atoms with Gasteiger partial charge in [-0.1, -0.05) is 11.6 Å². The Morgan fingerprint density at radius 3 is 2.85 bits per heavy atom. The summed E-state index contributed by atoms with van der Waals surface area (Å²) in [6.45, 7) is 1.05. The highest BCUT2D eigenvalue weighted by molar-refractivity contribution is 6.33. The van der Waals surface area contributed by atoms with Gasteiger partial charge in [-0.2, -0.15) is 0 Å². The normalized spacial score (nSPS) is 18.9. The zero-order valence-electron chi connectivity index (χ0n) is 11.2. The minimum absolute atomic E-state index is 0.0461. The van der Waals surface area contributed by atoms with Crippen LogP contribution in [0.25, 0.3) is 0 Å². The Balaban J connectivity index is 2.32. The van der Waals surface area contributed by atoms with E-state index in [1.54, 1.807) is 11.9 Å². The third-order valence-electron chi connectivity index (χ3n) is 3.59. The van der Waals surface area contributed by atoms with Crippen LogP contribution < -0.4 is 21.7 Å². The molecule has 1 fully saturated rings. The number of nitrogens with zero attached hydrogens (tertiary/aromatic N) is 1. The lowest BCUT2D eigenvalue weighted by molar-refractivity contribution is -0.124. The monoisotopic (exact) mass is 300 g/mol. The zero-order chi connectivity index (χ0) is 14.9. The first-order valence-corrected chi connectivity index (χ1v) is 6.83. The Bertz CT molecular complexity index is 538. The van der Waals surface area contributed by atoms with Gasteiger partial charge in [-0.15, -0.1) is 0 Å². The Kier molecular flexibility index (Phi) is 4.23. The minimum atomic E-state index is -0.623. The van der Waals surface area contributed by atoms with Gasteiger partial charge in [0.1, 0.15) is 5.02 Å². The van der Waals surface area contributed by atoms with Crippen LogP contribution in [-0.4, -0.2) is 26.0 Å². The lowest BCUT2D eigenvalue weighted by Crippen LogP contribution is -2.42. The second-order valence-electron chi connectivity index (χ2n) is 4.93. The number of carbonyl (C=O) groups excluding carboxylic acids is 1. The number of amides is 1. The summed E-state index contributed by atoms with van der Waals surface area (Å²) in [7, 11) is 1.59. The number of piperidine rings is 1. The molecule has 0 spiro atoms. The summed E-state index contributed by atoms with van der Waals surface area (Å²) < 4.78 is 14.3. The van der Waals surface area contributed by atoms with E-state index in [-0.39, 0.29) is 33.9 Å². The van der Waals surface area contributed by atoms with E-state index >= 15 is 0 Å². The van der Waals surface area contributed by atoms with E-state index in [1.165, 1.54) is 6.07 Å². The van der Waals surface area contributed by atoms with Gasteiger partial charge >= 0.3 is 0 Å². The number of nitrogens with two attached hydrogens (primary N) is 2. The molecule has 1 amide bonds. The molecular weight excluding hydrogens is 283 g/mol. The van der Waals surface area contributed by atoms with E-state index in [1.807, 2.05) is 0 Å². The van der Waals surface area contributed by atoms with E-state index in [2.05, 4.69) is 5.32 Å². The second-order valence-corrected chi connectivity index (χ2v) is 5.31. The first kappa shape index (κ1) is 14.7. The second kappa shape index (κ2) is 5.75. The third kappa shape index (κ3) is 2.60. The fraction of sp³-hybridized carbons (Fsp3) is 0.462. The molecule has 1 unspecified atom stereocenters. The Hall–Kier alpha value is -1.69. The highest BCUT2D eigenvalue weighted by Gasteiger charge is 2.28. The van der Waals surface area contributed by atoms with Crippen LogP contribution in [0, 0.1) is 11.7 Å². The molecule has 5 N–H and O–H groups in total. The average molecular weight is 301 g/mol. The summed E-state index contributed by atoms with van der Waals surface area (Å²) in [6.07, 6.45) is 1.57. The maximum Gasteiger partial charge on any atom is 0.224 e. The summed E-state index contributed by atoms with van der Waals surface area (Å²) in [4.78, 5) is 13.5. The topological polar surface area (TPSA) is 84.4 Å². The van der Waals surface area contributed by atoms with Gasteiger partial charge < -0.3 is 21.7 Å². The number of hydrogen-bond acceptors (Lipinski definition) is 4. The van der Waals surface area contributed by atoms with Gasteiger partial charge in [-0.25, -0.2) is 4.39 Å². The van der Waals surface area contributed by atoms with Crippen molar-refractivity contribution >= 4 is 34.6 Å². The molecule has 7 heteroatoms. The predicted octanol–water partition coefficient (Wildman–Crippen LogP) is 1.61. The molecule has 1 aromatic carbocycles. The first-order valence-electron chi connectivity index (χ1n) is 6.45. The van der Waals surface area contributed by atoms with Crippen LogP contribution in [0.4, 0.5) is 21.5 Å². The lowest BCUT2D eigenvalue weighted by atomic mass is 9.96. The largest absolute Gasteiger partial charge is 0.397 e. The highest BCUT2D eigenvalue weighted by Crippen LogP contribution is 2.37. The van der Waals surface area contributed by atoms with Crippen LogP contribution in [0.3, 0.4) is 0 Å². The number of benzene rings is 1. The summed E-state index contributed by atoms with van der Waals surface area (Å²) in [5.41, 5.74) is 12.0. The minimum Gasteiger partial charge on any atom is -0.397 e. The number of anilines is 3. The van der Waals surface area contributed by atoms with Gasteiger partial charge in [0.15, 0.2) is 5.82 Å². The number of carbonyl (C=O) groups is 1. The van der Waals surface area contributed by atoms with Crippen molar-refractivity contribution < 1.29 is 9.18 Å². The lowest BCUT2D eigenvalue weighted by Gasteiger charge is -2.34. The number of nitrogen functional groups attached to an aromatic ring is 2. The molecule has 0 aromatic heterocycles. The molecule has 20 heavy (non-hydrogen) atoms. The van der Waals surface area contributed by atoms with E-state index in [0.29, 0.717) is 13.1 Å². The van der Waals surface area contributed by atoms with E-state index in [9.17, 15) is 9.18 Å². The molecule has 1 heterocycles. The predicted molar refractivity (Wildman–Crippen MR) is 79.2 cm³/mol. The fourth-order valence-electron chi connectivity index (χ4n) is 2.58. The molecule has 1 aliphatic rings. The van der Waals surface area contributed by atoms with Crippen molar-refractivity contribution in [1.29, 1.82) is 0 Å². The van der Waals surface area contributed by atoms with Crippen LogP contribution >= 0.6 is 11.6 Å². The van der Waals surface area contributed by atoms with Crippen molar-refractivity contribution in [3.05, 3.63) is 16.9 Å². The molecule has 2 rings (SSSR count). The molecule has 1 atom stereocenters. The summed E-state index contributed by atoms with van der Waals surface area (Å²) >= 11 is 5.84. The Morgan fingerprint density at radius 1 is 1.50 bits per heavy atom. The average Bonchev–Trinajstić information content (AvgIpc) is 2.44. The number of rotatable bonds is 2. The summed E-state index contributed by atoms with van der Waals surface area (Å²) in [5.74, 6) is -0.846. The summed E-state index contributed by atoms with van der Waals surface area (Å²) in [6, 6.07) is 1.45. The number of nitrogens with one attached hydrogen (secondary N) is 1. The van der Waals surface area contributed by atoms with Gasteiger partial charge in [-0.3, -0.25) is 4.79 Å². The van der Waals surface area contributed by atoms with Crippen molar-refractivity contribution in [3.8, 4) is 0 Å². The Labute approximate surface area is 122 Å². The molecular formula is C13H18ClFN4O. The van der Waals surface area contributed by atoms with E-state index in [4.69, 9.17) is 23.1 Å². The van der Waals surface area contributed by atoms with Gasteiger partial charge in [0.25, 0.3) is 0 Å². The molecule has 1 aromatic rings. The third-order valence-corrected chi connectivity index (χ3v) is 3.98. The maximum atomic E-state index is 14.3. The van der Waals surface area contributed by atoms with E-state index in [0.717, 1.165) is 12.8 Å². The van der Waals surface area contributed by atoms with Crippen molar-refractivity contribution in [1.82, 2.24) is 5.32 Å². The number of halogens is 2. The fourth-order valence-corrected chi connectivity index (χ4v) is 2.72. The van der Waals surface area contributed by atoms with Crippen LogP contribution in [0.5, 0.6) is 0 Å². The summed E-state index contributed by atoms with van der Waals surface area (Å²) in [5, 5.41) is 2.49. The quantitative estimate of drug-likeness (QED) is 0.724. The Morgan fingerprint density at radius 2 is 2.20 bits per heavy atom. The number of hydrogen-bond donors (Lipinski definition) is 3. The van der Waals surface area contributed by atoms with Gasteiger partial charge in [0, 0.05) is 20.1 Å². The smallest absolute Gasteiger partial charge is 0.224 e. The van der Waals surface area contributed by atoms with Crippen LogP contribution in [0.1, 0.15) is 12.8 Å². The van der Waals surface area contributed by atoms with Crippen LogP contribution in [0.2, 0.25) is 5.02 Å². The molecule has 1 saturated heterocycles. The van der Waals surface area contributed by atoms with Crippen molar-refractivity contribution in [3.63, 3.8) is 0 Å². The first-order chi connectivity index (χ1) is 9.45. The molecule has 1 aliphatic heterocycles. The van der Waals surface area contributed by atoms with Crippen molar-refractivity contribution in [2.45, 2.75) is 12.8 Å². The SMILES string of the molecule is CNC(=O)C1CCCN(c2c(N)cc(N)c(Cl)c2F)C1.